The Morgan fingerprint density at radius 3 is 1.56 bits per heavy atom. The van der Waals surface area contributed by atoms with Gasteiger partial charge in [0.1, 0.15) is 6.79 Å². The first-order valence-electron chi connectivity index (χ1n) is 2.12. The zero-order chi connectivity index (χ0) is 6.83. The van der Waals surface area contributed by atoms with Gasteiger partial charge in [0.05, 0.1) is 6.07 Å². The monoisotopic (exact) mass is 135 g/mol. The minimum Gasteiger partial charge on any atom is -0.412 e. The van der Waals surface area contributed by atoms with Gasteiger partial charge >= 0.3 is 0 Å². The molecule has 4 heteroatoms. The van der Waals surface area contributed by atoms with Crippen molar-refractivity contribution in [1.82, 2.24) is 0 Å². The van der Waals surface area contributed by atoms with Gasteiger partial charge in [-0.05, 0) is 0 Å². The fraction of sp³-hybridized carbons (Fsp3) is 0.800. The molecule has 0 bridgehead atoms. The van der Waals surface area contributed by atoms with E-state index in [9.17, 15) is 0 Å². The van der Waals surface area contributed by atoms with Crippen LogP contribution >= 0.6 is 0 Å². The number of methoxy groups -OCH3 is 2. The molecule has 4 nitrogen and oxygen atoms in total. The van der Waals surface area contributed by atoms with Crippen molar-refractivity contribution in [2.75, 3.05) is 21.0 Å². The van der Waals surface area contributed by atoms with Gasteiger partial charge in [-0.1, -0.05) is 0 Å². The molecule has 0 amide bonds. The van der Waals surface area contributed by atoms with E-state index in [1.54, 1.807) is 20.3 Å². The van der Waals surface area contributed by atoms with Crippen LogP contribution in [-0.2, 0) is 9.47 Å². The van der Waals surface area contributed by atoms with Gasteiger partial charge in [-0.3, -0.25) is 0 Å². The van der Waals surface area contributed by atoms with E-state index < -0.39 is 0 Å². The van der Waals surface area contributed by atoms with Gasteiger partial charge in [0.2, 0.25) is 0 Å². The summed E-state index contributed by atoms with van der Waals surface area (Å²) in [6, 6.07) is 1.75. The van der Waals surface area contributed by atoms with Crippen molar-refractivity contribution in [2.24, 2.45) is 0 Å². The molecule has 0 heterocycles. The first-order valence-corrected chi connectivity index (χ1v) is 2.12. The molecule has 56 valence electrons. The van der Waals surface area contributed by atoms with Crippen LogP contribution in [0.1, 0.15) is 6.92 Å². The van der Waals surface area contributed by atoms with Crippen LogP contribution in [0.15, 0.2) is 0 Å². The van der Waals surface area contributed by atoms with Crippen molar-refractivity contribution >= 4 is 0 Å². The zero-order valence-electron chi connectivity index (χ0n) is 5.97. The average molecular weight is 135 g/mol. The predicted molar refractivity (Wildman–Crippen MR) is 33.8 cm³/mol. The van der Waals surface area contributed by atoms with E-state index in [0.29, 0.717) is 6.79 Å². The van der Waals surface area contributed by atoms with Gasteiger partial charge < -0.3 is 14.9 Å². The molecule has 0 saturated carbocycles. The Balaban J connectivity index is -0.0000000800. The molecule has 0 aromatic heterocycles. The maximum atomic E-state index is 7.32. The third-order valence-corrected chi connectivity index (χ3v) is 0.236. The Bertz CT molecular complexity index is 57.7. The summed E-state index contributed by atoms with van der Waals surface area (Å²) >= 11 is 0. The highest BCUT2D eigenvalue weighted by Crippen LogP contribution is 1.60. The quantitative estimate of drug-likeness (QED) is 0.498. The second-order valence-electron chi connectivity index (χ2n) is 0.919. The van der Waals surface area contributed by atoms with Crippen LogP contribution in [0.25, 0.3) is 0 Å². The fourth-order valence-corrected chi connectivity index (χ4v) is 0.118. The van der Waals surface area contributed by atoms with Gasteiger partial charge in [-0.2, -0.15) is 5.26 Å². The van der Waals surface area contributed by atoms with Gasteiger partial charge in [0.25, 0.3) is 0 Å². The maximum absolute atomic E-state index is 7.32. The van der Waals surface area contributed by atoms with Crippen LogP contribution in [0.2, 0.25) is 0 Å². The minimum atomic E-state index is 0. The van der Waals surface area contributed by atoms with Gasteiger partial charge in [-0.15, -0.1) is 0 Å². The summed E-state index contributed by atoms with van der Waals surface area (Å²) in [4.78, 5) is 0. The summed E-state index contributed by atoms with van der Waals surface area (Å²) < 4.78 is 8.94. The van der Waals surface area contributed by atoms with Crippen molar-refractivity contribution in [3.8, 4) is 6.07 Å². The van der Waals surface area contributed by atoms with Gasteiger partial charge in [0, 0.05) is 21.1 Å². The Morgan fingerprint density at radius 1 is 1.33 bits per heavy atom. The topological polar surface area (TPSA) is 73.8 Å². The maximum Gasteiger partial charge on any atom is 0.145 e. The molecule has 0 atom stereocenters. The second kappa shape index (κ2) is 26.3. The predicted octanol–water partition coefficient (Wildman–Crippen LogP) is -0.0581. The highest BCUT2D eigenvalue weighted by atomic mass is 16.6. The summed E-state index contributed by atoms with van der Waals surface area (Å²) in [5.41, 5.74) is 0. The molecule has 0 aliphatic heterocycles. The highest BCUT2D eigenvalue weighted by molar-refractivity contribution is 4.51. The summed E-state index contributed by atoms with van der Waals surface area (Å²) in [5.74, 6) is 0. The van der Waals surface area contributed by atoms with Gasteiger partial charge in [0.15, 0.2) is 0 Å². The number of hydrogen-bond donors (Lipinski definition) is 0. The molecule has 0 aliphatic rings. The van der Waals surface area contributed by atoms with Crippen molar-refractivity contribution < 1.29 is 14.9 Å². The largest absolute Gasteiger partial charge is 0.412 e. The molecule has 0 aromatic rings. The number of nitriles is 1. The molecule has 0 radical (unpaired) electrons. The van der Waals surface area contributed by atoms with Crippen LogP contribution in [0.3, 0.4) is 0 Å². The number of hydrogen-bond acceptors (Lipinski definition) is 3. The molecular formula is C5H13NO3. The Hall–Kier alpha value is -0.630. The highest BCUT2D eigenvalue weighted by Gasteiger charge is 1.63. The third-order valence-electron chi connectivity index (χ3n) is 0.236. The summed E-state index contributed by atoms with van der Waals surface area (Å²) in [6.45, 7) is 1.82. The van der Waals surface area contributed by atoms with Crippen molar-refractivity contribution in [3.05, 3.63) is 0 Å². The zero-order valence-corrected chi connectivity index (χ0v) is 5.97. The van der Waals surface area contributed by atoms with E-state index in [0.717, 1.165) is 0 Å². The van der Waals surface area contributed by atoms with Crippen LogP contribution < -0.4 is 0 Å². The summed E-state index contributed by atoms with van der Waals surface area (Å²) in [7, 11) is 3.17. The molecule has 2 N–H and O–H groups in total. The van der Waals surface area contributed by atoms with Crippen LogP contribution in [-0.4, -0.2) is 26.5 Å². The lowest BCUT2D eigenvalue weighted by molar-refractivity contribution is -0.00271. The van der Waals surface area contributed by atoms with E-state index >= 15 is 0 Å². The lowest BCUT2D eigenvalue weighted by Crippen LogP contribution is -1.87. The fourth-order valence-electron chi connectivity index (χ4n) is 0.118. The van der Waals surface area contributed by atoms with Crippen molar-refractivity contribution in [1.29, 1.82) is 5.26 Å². The van der Waals surface area contributed by atoms with Crippen molar-refractivity contribution in [2.45, 2.75) is 6.92 Å². The van der Waals surface area contributed by atoms with E-state index in [-0.39, 0.29) is 5.48 Å². The summed E-state index contributed by atoms with van der Waals surface area (Å²) in [6.07, 6.45) is 0. The third kappa shape index (κ3) is 113. The summed E-state index contributed by atoms with van der Waals surface area (Å²) in [5, 5.41) is 7.32. The lowest BCUT2D eigenvalue weighted by Gasteiger charge is -1.87. The Morgan fingerprint density at radius 2 is 1.56 bits per heavy atom. The molecule has 0 unspecified atom stereocenters. The first kappa shape index (κ1) is 15.8. The normalized spacial score (nSPS) is 5.56. The molecule has 0 aliphatic carbocycles. The van der Waals surface area contributed by atoms with Crippen LogP contribution in [0.5, 0.6) is 0 Å². The molecular weight excluding hydrogens is 122 g/mol. The van der Waals surface area contributed by atoms with Crippen LogP contribution in [0, 0.1) is 11.3 Å². The average Bonchev–Trinajstić information content (AvgIpc) is 1.71. The molecule has 0 saturated heterocycles. The number of rotatable bonds is 2. The molecule has 0 aromatic carbocycles. The minimum absolute atomic E-state index is 0. The molecule has 0 fully saturated rings. The number of ether oxygens (including phenoxy) is 2. The van der Waals surface area contributed by atoms with E-state index in [1.165, 1.54) is 6.92 Å². The molecule has 9 heavy (non-hydrogen) atoms. The Kier molecular flexibility index (Phi) is 46.1. The van der Waals surface area contributed by atoms with E-state index in [1.807, 2.05) is 0 Å². The standard InChI is InChI=1S/C3H8O2.C2H3N.H2O/c1-4-3-5-2;1-2-3;/h3H2,1-2H3;1H3;1H2. The van der Waals surface area contributed by atoms with Crippen LogP contribution in [0.4, 0.5) is 0 Å². The van der Waals surface area contributed by atoms with E-state index in [4.69, 9.17) is 5.26 Å². The molecule has 0 spiro atoms. The van der Waals surface area contributed by atoms with Crippen molar-refractivity contribution in [3.63, 3.8) is 0 Å². The second-order valence-corrected chi connectivity index (χ2v) is 0.919. The number of nitrogens with zero attached hydrogens (tertiary/aromatic N) is 1. The van der Waals surface area contributed by atoms with E-state index in [2.05, 4.69) is 9.47 Å². The van der Waals surface area contributed by atoms with Gasteiger partial charge in [-0.25, -0.2) is 0 Å². The first-order chi connectivity index (χ1) is 3.83. The lowest BCUT2D eigenvalue weighted by atomic mass is 11.0. The SMILES string of the molecule is CC#N.COCOC.O. The molecule has 0 rings (SSSR count). The Labute approximate surface area is 55.3 Å². The smallest absolute Gasteiger partial charge is 0.145 e.